The maximum atomic E-state index is 13.8. The highest BCUT2D eigenvalue weighted by Gasteiger charge is 2.44. The molecule has 4 nitrogen and oxygen atoms in total. The van der Waals surface area contributed by atoms with Crippen LogP contribution in [0.2, 0.25) is 10.0 Å². The van der Waals surface area contributed by atoms with Gasteiger partial charge in [-0.1, -0.05) is 36.5 Å². The van der Waals surface area contributed by atoms with Crippen LogP contribution < -0.4 is 10.2 Å². The number of benzene rings is 2. The minimum Gasteiger partial charge on any atom is -0.369 e. The van der Waals surface area contributed by atoms with Gasteiger partial charge in [0.1, 0.15) is 5.82 Å². The first-order valence-electron chi connectivity index (χ1n) is 11.0. The van der Waals surface area contributed by atoms with Gasteiger partial charge in [0.25, 0.3) is 0 Å². The largest absolute Gasteiger partial charge is 0.369 e. The number of nitrogens with one attached hydrogen (secondary N) is 1. The molecular weight excluding hydrogens is 436 g/mol. The SMILES string of the molecule is CCC1(CCCCN2CCN(c3ccc(Cl)c(Cl)c3)CC2)C(=O)Nc2ccc(F)cc21. The van der Waals surface area contributed by atoms with E-state index in [0.29, 0.717) is 16.5 Å². The summed E-state index contributed by atoms with van der Waals surface area (Å²) < 4.78 is 13.8. The van der Waals surface area contributed by atoms with Crippen molar-refractivity contribution in [1.82, 2.24) is 4.90 Å². The predicted octanol–water partition coefficient (Wildman–Crippen LogP) is 5.72. The second-order valence-corrected chi connectivity index (χ2v) is 9.28. The second kappa shape index (κ2) is 9.35. The van der Waals surface area contributed by atoms with Crippen molar-refractivity contribution in [2.45, 2.75) is 38.0 Å². The zero-order valence-electron chi connectivity index (χ0n) is 17.8. The summed E-state index contributed by atoms with van der Waals surface area (Å²) in [4.78, 5) is 17.5. The summed E-state index contributed by atoms with van der Waals surface area (Å²) >= 11 is 12.2. The molecule has 2 heterocycles. The molecule has 1 fully saturated rings. The van der Waals surface area contributed by atoms with E-state index in [2.05, 4.69) is 15.1 Å². The van der Waals surface area contributed by atoms with Crippen LogP contribution >= 0.6 is 23.2 Å². The van der Waals surface area contributed by atoms with Crippen molar-refractivity contribution in [3.05, 3.63) is 57.8 Å². The Labute approximate surface area is 193 Å². The zero-order chi connectivity index (χ0) is 22.0. The molecule has 2 aliphatic rings. The molecule has 2 aromatic rings. The third kappa shape index (κ3) is 4.55. The van der Waals surface area contributed by atoms with Crippen LogP contribution in [0.4, 0.5) is 15.8 Å². The summed E-state index contributed by atoms with van der Waals surface area (Å²) in [7, 11) is 0. The summed E-state index contributed by atoms with van der Waals surface area (Å²) in [5.74, 6) is -0.279. The first-order chi connectivity index (χ1) is 14.9. The Morgan fingerprint density at radius 1 is 1.03 bits per heavy atom. The average Bonchev–Trinajstić information content (AvgIpc) is 3.04. The number of piperazine rings is 1. The number of hydrogen-bond donors (Lipinski definition) is 1. The van der Waals surface area contributed by atoms with Gasteiger partial charge in [-0.25, -0.2) is 4.39 Å². The van der Waals surface area contributed by atoms with E-state index in [4.69, 9.17) is 23.2 Å². The molecule has 0 aromatic heterocycles. The molecule has 0 radical (unpaired) electrons. The number of halogens is 3. The van der Waals surface area contributed by atoms with E-state index in [1.165, 1.54) is 12.1 Å². The minimum atomic E-state index is -0.607. The van der Waals surface area contributed by atoms with Crippen molar-refractivity contribution in [2.24, 2.45) is 0 Å². The monoisotopic (exact) mass is 463 g/mol. The number of amides is 1. The lowest BCUT2D eigenvalue weighted by molar-refractivity contribution is -0.121. The van der Waals surface area contributed by atoms with Crippen molar-refractivity contribution in [2.75, 3.05) is 42.9 Å². The average molecular weight is 464 g/mol. The Kier molecular flexibility index (Phi) is 6.75. The van der Waals surface area contributed by atoms with Gasteiger partial charge in [0.15, 0.2) is 0 Å². The number of nitrogens with zero attached hydrogens (tertiary/aromatic N) is 2. The van der Waals surface area contributed by atoms with Gasteiger partial charge < -0.3 is 10.2 Å². The van der Waals surface area contributed by atoms with Gasteiger partial charge in [-0.2, -0.15) is 0 Å². The zero-order valence-corrected chi connectivity index (χ0v) is 19.3. The molecule has 0 saturated carbocycles. The molecule has 4 rings (SSSR count). The maximum absolute atomic E-state index is 13.8. The van der Waals surface area contributed by atoms with E-state index in [-0.39, 0.29) is 11.7 Å². The van der Waals surface area contributed by atoms with Gasteiger partial charge in [-0.05, 0) is 67.8 Å². The minimum absolute atomic E-state index is 0.00541. The molecule has 1 N–H and O–H groups in total. The third-order valence-corrected chi connectivity index (χ3v) is 7.49. The number of carbonyl (C=O) groups excluding carboxylic acids is 1. The number of fused-ring (bicyclic) bond motifs is 1. The van der Waals surface area contributed by atoms with Gasteiger partial charge in [-0.15, -0.1) is 0 Å². The van der Waals surface area contributed by atoms with Crippen LogP contribution in [0.1, 0.15) is 38.2 Å². The van der Waals surface area contributed by atoms with E-state index < -0.39 is 5.41 Å². The van der Waals surface area contributed by atoms with Gasteiger partial charge in [0.2, 0.25) is 5.91 Å². The Morgan fingerprint density at radius 2 is 1.81 bits per heavy atom. The van der Waals surface area contributed by atoms with Crippen molar-refractivity contribution in [1.29, 1.82) is 0 Å². The lowest BCUT2D eigenvalue weighted by Gasteiger charge is -2.36. The van der Waals surface area contributed by atoms with Crippen LogP contribution in [0, 0.1) is 5.82 Å². The van der Waals surface area contributed by atoms with Crippen LogP contribution in [-0.2, 0) is 10.2 Å². The van der Waals surface area contributed by atoms with Crippen molar-refractivity contribution in [3.8, 4) is 0 Å². The lowest BCUT2D eigenvalue weighted by atomic mass is 9.75. The van der Waals surface area contributed by atoms with Crippen molar-refractivity contribution < 1.29 is 9.18 Å². The van der Waals surface area contributed by atoms with E-state index in [1.807, 2.05) is 25.1 Å². The molecule has 166 valence electrons. The van der Waals surface area contributed by atoms with Crippen LogP contribution in [0.5, 0.6) is 0 Å². The topological polar surface area (TPSA) is 35.6 Å². The van der Waals surface area contributed by atoms with Crippen LogP contribution in [0.25, 0.3) is 0 Å². The molecule has 31 heavy (non-hydrogen) atoms. The molecule has 2 aliphatic heterocycles. The molecule has 1 unspecified atom stereocenters. The summed E-state index contributed by atoms with van der Waals surface area (Å²) in [6.45, 7) is 6.91. The van der Waals surface area contributed by atoms with Crippen molar-refractivity contribution >= 4 is 40.5 Å². The number of anilines is 2. The van der Waals surface area contributed by atoms with Gasteiger partial charge in [0.05, 0.1) is 15.5 Å². The van der Waals surface area contributed by atoms with Crippen LogP contribution in [0.15, 0.2) is 36.4 Å². The molecule has 0 bridgehead atoms. The first kappa shape index (κ1) is 22.4. The third-order valence-electron chi connectivity index (χ3n) is 6.75. The van der Waals surface area contributed by atoms with E-state index in [1.54, 1.807) is 6.07 Å². The highest BCUT2D eigenvalue weighted by atomic mass is 35.5. The summed E-state index contributed by atoms with van der Waals surface area (Å²) in [6, 6.07) is 10.4. The molecule has 0 spiro atoms. The first-order valence-corrected chi connectivity index (χ1v) is 11.7. The lowest BCUT2D eigenvalue weighted by Crippen LogP contribution is -2.46. The Hall–Kier alpha value is -1.82. The fraction of sp³-hybridized carbons (Fsp3) is 0.458. The Balaban J connectivity index is 1.27. The summed E-state index contributed by atoms with van der Waals surface area (Å²) in [5, 5.41) is 4.11. The Morgan fingerprint density at radius 3 is 2.52 bits per heavy atom. The number of carbonyl (C=O) groups is 1. The number of rotatable bonds is 7. The van der Waals surface area contributed by atoms with E-state index in [9.17, 15) is 9.18 Å². The quantitative estimate of drug-likeness (QED) is 0.532. The summed E-state index contributed by atoms with van der Waals surface area (Å²) in [5.41, 5.74) is 2.07. The molecule has 1 saturated heterocycles. The smallest absolute Gasteiger partial charge is 0.235 e. The van der Waals surface area contributed by atoms with Gasteiger partial charge in [-0.3, -0.25) is 9.69 Å². The van der Waals surface area contributed by atoms with Gasteiger partial charge >= 0.3 is 0 Å². The van der Waals surface area contributed by atoms with E-state index >= 15 is 0 Å². The fourth-order valence-electron chi connectivity index (χ4n) is 4.84. The fourth-order valence-corrected chi connectivity index (χ4v) is 5.13. The standard InChI is InChI=1S/C24H28Cl2FN3O/c1-2-24(19-15-17(27)5-8-22(19)28-23(24)31)9-3-4-10-29-11-13-30(14-12-29)18-6-7-20(25)21(26)16-18/h5-8,15-16H,2-4,9-14H2,1H3,(H,28,31). The molecular formula is C24H28Cl2FN3O. The molecule has 7 heteroatoms. The van der Waals surface area contributed by atoms with Crippen LogP contribution in [0.3, 0.4) is 0 Å². The molecule has 0 aliphatic carbocycles. The molecule has 2 aromatic carbocycles. The Bertz CT molecular complexity index is 962. The molecule has 1 atom stereocenters. The normalized spacial score (nSPS) is 21.3. The number of hydrogen-bond acceptors (Lipinski definition) is 3. The predicted molar refractivity (Wildman–Crippen MR) is 126 cm³/mol. The van der Waals surface area contributed by atoms with E-state index in [0.717, 1.165) is 68.9 Å². The number of unbranched alkanes of at least 4 members (excludes halogenated alkanes) is 1. The summed E-state index contributed by atoms with van der Waals surface area (Å²) in [6.07, 6.45) is 3.38. The van der Waals surface area contributed by atoms with Crippen LogP contribution in [-0.4, -0.2) is 43.5 Å². The second-order valence-electron chi connectivity index (χ2n) is 8.46. The highest BCUT2D eigenvalue weighted by molar-refractivity contribution is 6.42. The van der Waals surface area contributed by atoms with Gasteiger partial charge in [0, 0.05) is 37.6 Å². The molecule has 1 amide bonds. The maximum Gasteiger partial charge on any atom is 0.235 e. The van der Waals surface area contributed by atoms with Crippen molar-refractivity contribution in [3.63, 3.8) is 0 Å². The highest BCUT2D eigenvalue weighted by Crippen LogP contribution is 2.44.